The van der Waals surface area contributed by atoms with Crippen LogP contribution in [0, 0.1) is 6.92 Å². The smallest absolute Gasteiger partial charge is 0.125 e. The Labute approximate surface area is 110 Å². The second kappa shape index (κ2) is 6.81. The first-order valence-electron chi connectivity index (χ1n) is 6.99. The highest BCUT2D eigenvalue weighted by atomic mass is 15.2. The van der Waals surface area contributed by atoms with Gasteiger partial charge in [0.15, 0.2) is 0 Å². The molecule has 0 bridgehead atoms. The zero-order valence-electron chi connectivity index (χ0n) is 11.5. The Bertz CT molecular complexity index is 361. The van der Waals surface area contributed by atoms with Crippen molar-refractivity contribution in [1.29, 1.82) is 0 Å². The molecule has 1 aliphatic rings. The van der Waals surface area contributed by atoms with E-state index in [-0.39, 0.29) is 0 Å². The number of nitrogens with zero attached hydrogens (tertiary/aromatic N) is 3. The van der Waals surface area contributed by atoms with Crippen LogP contribution in [0.3, 0.4) is 0 Å². The molecule has 0 spiro atoms. The van der Waals surface area contributed by atoms with Crippen molar-refractivity contribution in [2.24, 2.45) is 0 Å². The van der Waals surface area contributed by atoms with Gasteiger partial charge in [-0.1, -0.05) is 6.42 Å². The quantitative estimate of drug-likeness (QED) is 0.862. The predicted molar refractivity (Wildman–Crippen MR) is 73.4 cm³/mol. The number of rotatable bonds is 5. The lowest BCUT2D eigenvalue weighted by atomic mass is 10.1. The molecule has 0 saturated carbocycles. The summed E-state index contributed by atoms with van der Waals surface area (Å²) in [6, 6.07) is 2.60. The molecule has 1 unspecified atom stereocenters. The maximum atomic E-state index is 4.40. The number of aromatic nitrogens is 2. The van der Waals surface area contributed by atoms with E-state index in [0.29, 0.717) is 6.04 Å². The first-order valence-corrected chi connectivity index (χ1v) is 6.99. The molecule has 100 valence electrons. The first-order chi connectivity index (χ1) is 8.75. The maximum Gasteiger partial charge on any atom is 0.125 e. The van der Waals surface area contributed by atoms with Gasteiger partial charge in [-0.3, -0.25) is 4.90 Å². The van der Waals surface area contributed by atoms with Gasteiger partial charge in [0, 0.05) is 25.3 Å². The van der Waals surface area contributed by atoms with Crippen LogP contribution >= 0.6 is 0 Å². The van der Waals surface area contributed by atoms with Gasteiger partial charge in [-0.05, 0) is 45.8 Å². The van der Waals surface area contributed by atoms with Crippen molar-refractivity contribution in [3.05, 3.63) is 23.8 Å². The topological polar surface area (TPSA) is 41.1 Å². The molecule has 0 radical (unpaired) electrons. The maximum absolute atomic E-state index is 4.40. The van der Waals surface area contributed by atoms with Gasteiger partial charge in [-0.15, -0.1) is 0 Å². The van der Waals surface area contributed by atoms with Gasteiger partial charge < -0.3 is 5.32 Å². The molecule has 1 N–H and O–H groups in total. The van der Waals surface area contributed by atoms with Crippen molar-refractivity contribution in [3.8, 4) is 0 Å². The van der Waals surface area contributed by atoms with E-state index in [2.05, 4.69) is 27.1 Å². The Hall–Kier alpha value is -1.00. The third-order valence-corrected chi connectivity index (χ3v) is 3.59. The fourth-order valence-electron chi connectivity index (χ4n) is 2.50. The number of hydrogen-bond acceptors (Lipinski definition) is 4. The second-order valence-electron chi connectivity index (χ2n) is 5.17. The molecule has 1 fully saturated rings. The molecule has 1 saturated heterocycles. The van der Waals surface area contributed by atoms with E-state index in [1.54, 1.807) is 0 Å². The monoisotopic (exact) mass is 248 g/mol. The Kier molecular flexibility index (Phi) is 5.08. The molecule has 0 aromatic carbocycles. The van der Waals surface area contributed by atoms with E-state index in [4.69, 9.17) is 0 Å². The average Bonchev–Trinajstić information content (AvgIpc) is 2.40. The molecule has 4 nitrogen and oxygen atoms in total. The molecular formula is C14H24N4. The van der Waals surface area contributed by atoms with Gasteiger partial charge in [0.05, 0.1) is 5.69 Å². The summed E-state index contributed by atoms with van der Waals surface area (Å²) in [5, 5.41) is 3.49. The number of piperidine rings is 1. The van der Waals surface area contributed by atoms with Gasteiger partial charge >= 0.3 is 0 Å². The van der Waals surface area contributed by atoms with Crippen molar-refractivity contribution >= 4 is 0 Å². The number of likely N-dealkylation sites (tertiary alicyclic amines) is 1. The molecule has 2 heterocycles. The highest BCUT2D eigenvalue weighted by molar-refractivity contribution is 5.01. The average molecular weight is 248 g/mol. The summed E-state index contributed by atoms with van der Waals surface area (Å²) in [5.74, 6) is 0.846. The van der Waals surface area contributed by atoms with E-state index in [1.165, 1.54) is 32.4 Å². The van der Waals surface area contributed by atoms with E-state index in [9.17, 15) is 0 Å². The summed E-state index contributed by atoms with van der Waals surface area (Å²) in [7, 11) is 0. The van der Waals surface area contributed by atoms with Crippen molar-refractivity contribution in [2.75, 3.05) is 19.6 Å². The third kappa shape index (κ3) is 4.03. The van der Waals surface area contributed by atoms with Crippen LogP contribution in [0.15, 0.2) is 12.3 Å². The first kappa shape index (κ1) is 13.4. The molecular weight excluding hydrogens is 224 g/mol. The van der Waals surface area contributed by atoms with Crippen LogP contribution in [0.5, 0.6) is 0 Å². The third-order valence-electron chi connectivity index (χ3n) is 3.59. The SMILES string of the molecule is Cc1nccc(CNCC(C)N2CCCCC2)n1. The molecule has 1 aromatic heterocycles. The standard InChI is InChI=1S/C14H24N4/c1-12(18-8-4-3-5-9-18)10-15-11-14-6-7-16-13(2)17-14/h6-7,12,15H,3-5,8-11H2,1-2H3. The molecule has 1 aromatic rings. The van der Waals surface area contributed by atoms with E-state index >= 15 is 0 Å². The van der Waals surface area contributed by atoms with Crippen LogP contribution in [0.1, 0.15) is 37.7 Å². The van der Waals surface area contributed by atoms with Crippen LogP contribution in [0.4, 0.5) is 0 Å². The summed E-state index contributed by atoms with van der Waals surface area (Å²) in [5.41, 5.74) is 1.08. The lowest BCUT2D eigenvalue weighted by Crippen LogP contribution is -2.43. The highest BCUT2D eigenvalue weighted by Gasteiger charge is 2.15. The minimum atomic E-state index is 0.619. The molecule has 1 atom stereocenters. The fraction of sp³-hybridized carbons (Fsp3) is 0.714. The number of hydrogen-bond donors (Lipinski definition) is 1. The Morgan fingerprint density at radius 3 is 2.83 bits per heavy atom. The lowest BCUT2D eigenvalue weighted by molar-refractivity contribution is 0.170. The number of aryl methyl sites for hydroxylation is 1. The van der Waals surface area contributed by atoms with E-state index in [1.807, 2.05) is 19.2 Å². The van der Waals surface area contributed by atoms with Gasteiger partial charge in [-0.25, -0.2) is 9.97 Å². The molecule has 1 aliphatic heterocycles. The van der Waals surface area contributed by atoms with Crippen molar-refractivity contribution in [2.45, 2.75) is 45.7 Å². The van der Waals surface area contributed by atoms with Crippen LogP contribution in [-0.2, 0) is 6.54 Å². The summed E-state index contributed by atoms with van der Waals surface area (Å²) in [6.07, 6.45) is 5.94. The zero-order chi connectivity index (χ0) is 12.8. The van der Waals surface area contributed by atoms with Crippen molar-refractivity contribution < 1.29 is 0 Å². The minimum Gasteiger partial charge on any atom is -0.310 e. The Morgan fingerprint density at radius 1 is 1.33 bits per heavy atom. The number of nitrogens with one attached hydrogen (secondary N) is 1. The van der Waals surface area contributed by atoms with E-state index in [0.717, 1.165) is 24.6 Å². The van der Waals surface area contributed by atoms with Crippen LogP contribution in [0.2, 0.25) is 0 Å². The molecule has 0 amide bonds. The predicted octanol–water partition coefficient (Wildman–Crippen LogP) is 1.75. The zero-order valence-corrected chi connectivity index (χ0v) is 11.5. The normalized spacial score (nSPS) is 18.8. The lowest BCUT2D eigenvalue weighted by Gasteiger charge is -2.32. The molecule has 4 heteroatoms. The van der Waals surface area contributed by atoms with Crippen molar-refractivity contribution in [1.82, 2.24) is 20.2 Å². The van der Waals surface area contributed by atoms with Crippen LogP contribution < -0.4 is 5.32 Å². The molecule has 2 rings (SSSR count). The summed E-state index contributed by atoms with van der Waals surface area (Å²) < 4.78 is 0. The molecule has 0 aliphatic carbocycles. The Balaban J connectivity index is 1.71. The minimum absolute atomic E-state index is 0.619. The Morgan fingerprint density at radius 2 is 2.11 bits per heavy atom. The summed E-state index contributed by atoms with van der Waals surface area (Å²) in [4.78, 5) is 11.1. The highest BCUT2D eigenvalue weighted by Crippen LogP contribution is 2.11. The fourth-order valence-corrected chi connectivity index (χ4v) is 2.50. The second-order valence-corrected chi connectivity index (χ2v) is 5.17. The van der Waals surface area contributed by atoms with Gasteiger partial charge in [0.25, 0.3) is 0 Å². The van der Waals surface area contributed by atoms with Gasteiger partial charge in [-0.2, -0.15) is 0 Å². The molecule has 18 heavy (non-hydrogen) atoms. The van der Waals surface area contributed by atoms with Crippen LogP contribution in [0.25, 0.3) is 0 Å². The van der Waals surface area contributed by atoms with Crippen molar-refractivity contribution in [3.63, 3.8) is 0 Å². The van der Waals surface area contributed by atoms with Gasteiger partial charge in [0.2, 0.25) is 0 Å². The van der Waals surface area contributed by atoms with Gasteiger partial charge in [0.1, 0.15) is 5.82 Å². The summed E-state index contributed by atoms with van der Waals surface area (Å²) >= 11 is 0. The van der Waals surface area contributed by atoms with Crippen LogP contribution in [-0.4, -0.2) is 40.5 Å². The van der Waals surface area contributed by atoms with E-state index < -0.39 is 0 Å². The summed E-state index contributed by atoms with van der Waals surface area (Å²) in [6.45, 7) is 8.62. The largest absolute Gasteiger partial charge is 0.310 e.